The minimum Gasteiger partial charge on any atom is -0.465 e. The van der Waals surface area contributed by atoms with Crippen LogP contribution < -0.4 is 0 Å². The number of carbonyl (C=O) groups is 2. The SMILES string of the molecule is CCOC(=O)C1(C(=O)OCC)C[C@@H](CON(C(C(C)(C)C)P(=O)(OCC)OCC)C(C)(C)C)[C@@H](CC(C)(C)C)C1. The third-order valence-corrected chi connectivity index (χ3v) is 9.92. The highest BCUT2D eigenvalue weighted by molar-refractivity contribution is 7.54. The molecular weight excluding hydrogens is 533 g/mol. The van der Waals surface area contributed by atoms with Crippen molar-refractivity contribution in [2.45, 2.75) is 121 Å². The lowest BCUT2D eigenvalue weighted by Crippen LogP contribution is -2.54. The van der Waals surface area contributed by atoms with Crippen LogP contribution in [0.25, 0.3) is 0 Å². The number of hydrogen-bond donors (Lipinski definition) is 0. The van der Waals surface area contributed by atoms with Gasteiger partial charge in [-0.05, 0) is 90.4 Å². The minimum atomic E-state index is -3.64. The lowest BCUT2D eigenvalue weighted by molar-refractivity contribution is -0.246. The molecule has 0 spiro atoms. The Balaban J connectivity index is 3.56. The van der Waals surface area contributed by atoms with Crippen LogP contribution >= 0.6 is 7.60 Å². The van der Waals surface area contributed by atoms with Gasteiger partial charge in [0.2, 0.25) is 0 Å². The Morgan fingerprint density at radius 3 is 1.60 bits per heavy atom. The van der Waals surface area contributed by atoms with Crippen LogP contribution in [0.4, 0.5) is 0 Å². The van der Waals surface area contributed by atoms with Gasteiger partial charge in [-0.15, -0.1) is 0 Å². The average molecular weight is 592 g/mol. The van der Waals surface area contributed by atoms with Crippen LogP contribution in [0, 0.1) is 28.1 Å². The van der Waals surface area contributed by atoms with E-state index in [2.05, 4.69) is 20.8 Å². The quantitative estimate of drug-likeness (QED) is 0.0896. The van der Waals surface area contributed by atoms with Crippen molar-refractivity contribution in [3.05, 3.63) is 0 Å². The molecule has 0 aromatic rings. The van der Waals surface area contributed by atoms with E-state index in [9.17, 15) is 14.2 Å². The summed E-state index contributed by atoms with van der Waals surface area (Å²) in [5, 5.41) is 1.77. The highest BCUT2D eigenvalue weighted by Crippen LogP contribution is 2.61. The molecule has 0 saturated heterocycles. The van der Waals surface area contributed by atoms with Gasteiger partial charge < -0.3 is 18.5 Å². The van der Waals surface area contributed by atoms with Gasteiger partial charge in [0.1, 0.15) is 5.78 Å². The Kier molecular flexibility index (Phi) is 13.4. The molecule has 40 heavy (non-hydrogen) atoms. The van der Waals surface area contributed by atoms with Gasteiger partial charge in [0.05, 0.1) is 33.0 Å². The lowest BCUT2D eigenvalue weighted by Gasteiger charge is -2.47. The number of rotatable bonds is 14. The van der Waals surface area contributed by atoms with E-state index in [1.807, 2.05) is 41.5 Å². The van der Waals surface area contributed by atoms with Crippen molar-refractivity contribution in [3.63, 3.8) is 0 Å². The topological polar surface area (TPSA) is 101 Å². The molecule has 1 saturated carbocycles. The van der Waals surface area contributed by atoms with Gasteiger partial charge in [0.25, 0.3) is 0 Å². The van der Waals surface area contributed by atoms with Gasteiger partial charge in [-0.25, -0.2) is 0 Å². The Morgan fingerprint density at radius 2 is 1.25 bits per heavy atom. The number of nitrogens with zero attached hydrogens (tertiary/aromatic N) is 1. The predicted octanol–water partition coefficient (Wildman–Crippen LogP) is 7.23. The molecule has 9 nitrogen and oxygen atoms in total. The zero-order chi connectivity index (χ0) is 31.2. The number of carbonyl (C=O) groups excluding carboxylic acids is 2. The van der Waals surface area contributed by atoms with Crippen LogP contribution in [0.5, 0.6) is 0 Å². The molecule has 1 rings (SSSR count). The van der Waals surface area contributed by atoms with E-state index in [0.29, 0.717) is 6.42 Å². The molecule has 0 aromatic heterocycles. The summed E-state index contributed by atoms with van der Waals surface area (Å²) in [6.07, 6.45) is 1.39. The first-order valence-electron chi connectivity index (χ1n) is 14.9. The second kappa shape index (κ2) is 14.5. The van der Waals surface area contributed by atoms with Gasteiger partial charge in [0.15, 0.2) is 5.41 Å². The molecule has 1 fully saturated rings. The number of esters is 2. The van der Waals surface area contributed by atoms with Crippen molar-refractivity contribution in [3.8, 4) is 0 Å². The van der Waals surface area contributed by atoms with E-state index in [0.717, 1.165) is 6.42 Å². The Labute approximate surface area is 243 Å². The molecule has 236 valence electrons. The highest BCUT2D eigenvalue weighted by atomic mass is 31.2. The zero-order valence-electron chi connectivity index (χ0n) is 27.5. The standard InChI is InChI=1S/C30H58NO8P/c1-14-35-25(32)30(26(33)36-15-2)19-22(18-27(5,6)7)23(20-30)21-37-31(29(11,12)13)24(28(8,9)10)40(34,38-16-3)39-17-4/h22-24H,14-21H2,1-13H3/t22-,23-,24?/m0/s1. The first-order chi connectivity index (χ1) is 18.2. The fourth-order valence-corrected chi connectivity index (χ4v) is 8.48. The fraction of sp³-hybridized carbons (Fsp3) is 0.933. The molecule has 1 aliphatic carbocycles. The summed E-state index contributed by atoms with van der Waals surface area (Å²) in [4.78, 5) is 33.2. The number of hydroxylamine groups is 2. The van der Waals surface area contributed by atoms with Gasteiger partial charge in [-0.3, -0.25) is 19.0 Å². The molecule has 1 aliphatic rings. The normalized spacial score (nSPS) is 20.9. The monoisotopic (exact) mass is 591 g/mol. The van der Waals surface area contributed by atoms with Gasteiger partial charge >= 0.3 is 19.5 Å². The van der Waals surface area contributed by atoms with Crippen LogP contribution in [0.1, 0.15) is 109 Å². The van der Waals surface area contributed by atoms with Crippen LogP contribution in [0.3, 0.4) is 0 Å². The molecule has 0 aromatic carbocycles. The smallest absolute Gasteiger partial charge is 0.350 e. The highest BCUT2D eigenvalue weighted by Gasteiger charge is 2.58. The zero-order valence-corrected chi connectivity index (χ0v) is 28.4. The van der Waals surface area contributed by atoms with E-state index in [1.165, 1.54) is 0 Å². The first kappa shape index (κ1) is 37.0. The van der Waals surface area contributed by atoms with Crippen molar-refractivity contribution in [2.75, 3.05) is 33.0 Å². The molecule has 0 N–H and O–H groups in total. The van der Waals surface area contributed by atoms with Gasteiger partial charge in [0, 0.05) is 5.54 Å². The maximum Gasteiger partial charge on any atom is 0.350 e. The number of ether oxygens (including phenoxy) is 2. The van der Waals surface area contributed by atoms with Crippen molar-refractivity contribution in [1.82, 2.24) is 5.06 Å². The van der Waals surface area contributed by atoms with Crippen molar-refractivity contribution in [2.24, 2.45) is 28.1 Å². The molecule has 0 heterocycles. The van der Waals surface area contributed by atoms with E-state index >= 15 is 0 Å². The molecule has 1 unspecified atom stereocenters. The van der Waals surface area contributed by atoms with Crippen LogP contribution in [-0.4, -0.2) is 61.4 Å². The molecule has 3 atom stereocenters. The summed E-state index contributed by atoms with van der Waals surface area (Å²) < 4.78 is 36.7. The Hall–Kier alpha value is -0.990. The van der Waals surface area contributed by atoms with E-state index in [4.69, 9.17) is 23.4 Å². The third-order valence-electron chi connectivity index (χ3n) is 7.10. The summed E-state index contributed by atoms with van der Waals surface area (Å²) >= 11 is 0. The van der Waals surface area contributed by atoms with E-state index in [1.54, 1.807) is 32.8 Å². The summed E-state index contributed by atoms with van der Waals surface area (Å²) in [7, 11) is -3.64. The fourth-order valence-electron chi connectivity index (χ4n) is 5.79. The van der Waals surface area contributed by atoms with Crippen LogP contribution in [-0.2, 0) is 37.5 Å². The Bertz CT molecular complexity index is 842. The van der Waals surface area contributed by atoms with Gasteiger partial charge in [-0.2, -0.15) is 5.06 Å². The molecule has 10 heteroatoms. The second-order valence-corrected chi connectivity index (χ2v) is 16.2. The third kappa shape index (κ3) is 9.52. The van der Waals surface area contributed by atoms with Crippen LogP contribution in [0.2, 0.25) is 0 Å². The van der Waals surface area contributed by atoms with Crippen molar-refractivity contribution in [1.29, 1.82) is 0 Å². The first-order valence-corrected chi connectivity index (χ1v) is 16.5. The van der Waals surface area contributed by atoms with Gasteiger partial charge in [-0.1, -0.05) is 41.5 Å². The predicted molar refractivity (Wildman–Crippen MR) is 158 cm³/mol. The summed E-state index contributed by atoms with van der Waals surface area (Å²) in [6.45, 7) is 26.6. The van der Waals surface area contributed by atoms with E-state index < -0.39 is 41.7 Å². The van der Waals surface area contributed by atoms with E-state index in [-0.39, 0.29) is 56.7 Å². The average Bonchev–Trinajstić information content (AvgIpc) is 3.13. The molecule has 0 aliphatic heterocycles. The Morgan fingerprint density at radius 1 is 0.800 bits per heavy atom. The maximum absolute atomic E-state index is 14.2. The minimum absolute atomic E-state index is 0.00862. The second-order valence-electron chi connectivity index (χ2n) is 14.1. The largest absolute Gasteiger partial charge is 0.465 e. The maximum atomic E-state index is 14.2. The van der Waals surface area contributed by atoms with Crippen LogP contribution in [0.15, 0.2) is 0 Å². The lowest BCUT2D eigenvalue weighted by atomic mass is 9.79. The molecule has 0 bridgehead atoms. The van der Waals surface area contributed by atoms with Crippen molar-refractivity contribution < 1.29 is 37.5 Å². The molecular formula is C30H58NO8P. The number of hydrogen-bond acceptors (Lipinski definition) is 9. The molecule has 0 amide bonds. The summed E-state index contributed by atoms with van der Waals surface area (Å²) in [5.41, 5.74) is -2.52. The summed E-state index contributed by atoms with van der Waals surface area (Å²) in [6, 6.07) is 0. The molecule has 0 radical (unpaired) electrons. The van der Waals surface area contributed by atoms with Crippen molar-refractivity contribution >= 4 is 19.5 Å². The summed E-state index contributed by atoms with van der Waals surface area (Å²) in [5.74, 6) is -1.91.